The minimum absolute atomic E-state index is 0.118. The Labute approximate surface area is 129 Å². The fourth-order valence-electron chi connectivity index (χ4n) is 2.57. The van der Waals surface area contributed by atoms with Gasteiger partial charge in [0.25, 0.3) is 5.91 Å². The number of methoxy groups -OCH3 is 1. The molecule has 1 unspecified atom stereocenters. The van der Waals surface area contributed by atoms with Gasteiger partial charge in [-0.15, -0.1) is 0 Å². The predicted molar refractivity (Wildman–Crippen MR) is 79.2 cm³/mol. The molecule has 0 saturated heterocycles. The van der Waals surface area contributed by atoms with E-state index < -0.39 is 17.7 Å². The van der Waals surface area contributed by atoms with E-state index in [-0.39, 0.29) is 17.3 Å². The van der Waals surface area contributed by atoms with Crippen molar-refractivity contribution in [3.8, 4) is 0 Å². The second-order valence-corrected chi connectivity index (χ2v) is 5.54. The van der Waals surface area contributed by atoms with Crippen LogP contribution in [0.2, 0.25) is 0 Å². The number of carbonyl (C=O) groups excluding carboxylic acids is 2. The first-order valence-corrected chi connectivity index (χ1v) is 7.29. The Morgan fingerprint density at radius 1 is 1.50 bits per heavy atom. The number of amides is 1. The molecule has 120 valence electrons. The van der Waals surface area contributed by atoms with Gasteiger partial charge in [0.1, 0.15) is 11.8 Å². The van der Waals surface area contributed by atoms with Crippen molar-refractivity contribution in [2.24, 2.45) is 5.92 Å². The highest BCUT2D eigenvalue weighted by molar-refractivity contribution is 6.09. The fraction of sp³-hybridized carbons (Fsp3) is 0.500. The van der Waals surface area contributed by atoms with E-state index in [9.17, 15) is 14.7 Å². The maximum absolute atomic E-state index is 12.4. The molecule has 1 aromatic rings. The number of rotatable bonds is 7. The van der Waals surface area contributed by atoms with Gasteiger partial charge < -0.3 is 19.2 Å². The molecule has 1 atom stereocenters. The molecule has 22 heavy (non-hydrogen) atoms. The van der Waals surface area contributed by atoms with Crippen LogP contribution in [0.4, 0.5) is 0 Å². The molecule has 1 aliphatic heterocycles. The van der Waals surface area contributed by atoms with Gasteiger partial charge >= 0.3 is 0 Å². The molecule has 6 heteroatoms. The molecule has 0 aromatic carbocycles. The Balaban J connectivity index is 2.37. The number of nitrogens with zero attached hydrogens (tertiary/aromatic N) is 1. The van der Waals surface area contributed by atoms with E-state index in [0.717, 1.165) is 0 Å². The van der Waals surface area contributed by atoms with Crippen LogP contribution in [0.3, 0.4) is 0 Å². The molecule has 0 fully saturated rings. The molecule has 6 nitrogen and oxygen atoms in total. The van der Waals surface area contributed by atoms with E-state index in [2.05, 4.69) is 0 Å². The van der Waals surface area contributed by atoms with E-state index in [4.69, 9.17) is 9.15 Å². The SMILES string of the molecule is COCCCN1C(=O)C(O)=C(C(=O)C(C)C)C1c1ccco1. The van der Waals surface area contributed by atoms with Gasteiger partial charge in [-0.25, -0.2) is 0 Å². The van der Waals surface area contributed by atoms with Crippen LogP contribution >= 0.6 is 0 Å². The average molecular weight is 307 g/mol. The first-order valence-electron chi connectivity index (χ1n) is 7.29. The minimum Gasteiger partial charge on any atom is -0.503 e. The van der Waals surface area contributed by atoms with Crippen LogP contribution in [-0.4, -0.2) is 42.0 Å². The van der Waals surface area contributed by atoms with Crippen molar-refractivity contribution in [1.82, 2.24) is 4.90 Å². The summed E-state index contributed by atoms with van der Waals surface area (Å²) in [4.78, 5) is 26.2. The lowest BCUT2D eigenvalue weighted by Crippen LogP contribution is -2.32. The number of hydrogen-bond donors (Lipinski definition) is 1. The Morgan fingerprint density at radius 3 is 2.77 bits per heavy atom. The monoisotopic (exact) mass is 307 g/mol. The van der Waals surface area contributed by atoms with Crippen molar-refractivity contribution in [2.75, 3.05) is 20.3 Å². The number of ether oxygens (including phenoxy) is 1. The largest absolute Gasteiger partial charge is 0.503 e. The topological polar surface area (TPSA) is 80.0 Å². The Bertz CT molecular complexity index is 573. The van der Waals surface area contributed by atoms with Gasteiger partial charge in [-0.1, -0.05) is 13.8 Å². The molecule has 0 spiro atoms. The fourth-order valence-corrected chi connectivity index (χ4v) is 2.57. The second-order valence-electron chi connectivity index (χ2n) is 5.54. The number of aliphatic hydroxyl groups excluding tert-OH is 1. The molecule has 0 radical (unpaired) electrons. The van der Waals surface area contributed by atoms with E-state index in [1.807, 2.05) is 0 Å². The van der Waals surface area contributed by atoms with E-state index >= 15 is 0 Å². The maximum atomic E-state index is 12.4. The highest BCUT2D eigenvalue weighted by atomic mass is 16.5. The molecule has 0 bridgehead atoms. The van der Waals surface area contributed by atoms with E-state index in [0.29, 0.717) is 25.3 Å². The van der Waals surface area contributed by atoms with Crippen molar-refractivity contribution in [2.45, 2.75) is 26.3 Å². The molecule has 0 aliphatic carbocycles. The molecule has 1 aromatic heterocycles. The van der Waals surface area contributed by atoms with Gasteiger partial charge in [-0.05, 0) is 18.6 Å². The molecular weight excluding hydrogens is 286 g/mol. The highest BCUT2D eigenvalue weighted by Gasteiger charge is 2.44. The van der Waals surface area contributed by atoms with Crippen molar-refractivity contribution >= 4 is 11.7 Å². The Morgan fingerprint density at radius 2 is 2.23 bits per heavy atom. The lowest BCUT2D eigenvalue weighted by molar-refractivity contribution is -0.129. The summed E-state index contributed by atoms with van der Waals surface area (Å²) in [6, 6.07) is 2.72. The van der Waals surface area contributed by atoms with Crippen LogP contribution in [0.25, 0.3) is 0 Å². The van der Waals surface area contributed by atoms with Gasteiger partial charge in [0.2, 0.25) is 0 Å². The molecule has 0 saturated carbocycles. The highest BCUT2D eigenvalue weighted by Crippen LogP contribution is 2.38. The number of ketones is 1. The number of Topliss-reactive ketones (excluding diaryl/α,β-unsaturated/α-hetero) is 1. The maximum Gasteiger partial charge on any atom is 0.290 e. The van der Waals surface area contributed by atoms with E-state index in [1.54, 1.807) is 33.1 Å². The summed E-state index contributed by atoms with van der Waals surface area (Å²) in [7, 11) is 1.58. The number of aliphatic hydroxyl groups is 1. The Kier molecular flexibility index (Phi) is 5.03. The third-order valence-corrected chi connectivity index (χ3v) is 3.65. The summed E-state index contributed by atoms with van der Waals surface area (Å²) in [5.41, 5.74) is 0.118. The van der Waals surface area contributed by atoms with Crippen molar-refractivity contribution in [3.05, 3.63) is 35.5 Å². The number of furan rings is 1. The second kappa shape index (κ2) is 6.79. The molecule has 2 heterocycles. The molecule has 2 rings (SSSR count). The first kappa shape index (κ1) is 16.3. The van der Waals surface area contributed by atoms with Crippen LogP contribution in [0.1, 0.15) is 32.1 Å². The summed E-state index contributed by atoms with van der Waals surface area (Å²) < 4.78 is 10.4. The Hall–Kier alpha value is -2.08. The smallest absolute Gasteiger partial charge is 0.290 e. The summed E-state index contributed by atoms with van der Waals surface area (Å²) in [6.07, 6.45) is 2.09. The summed E-state index contributed by atoms with van der Waals surface area (Å²) in [5.74, 6) is -1.11. The van der Waals surface area contributed by atoms with Crippen LogP contribution in [0, 0.1) is 5.92 Å². The van der Waals surface area contributed by atoms with Crippen molar-refractivity contribution < 1.29 is 23.8 Å². The average Bonchev–Trinajstić information content (AvgIpc) is 3.08. The predicted octanol–water partition coefficient (Wildman–Crippen LogP) is 2.24. The van der Waals surface area contributed by atoms with Crippen LogP contribution in [0.15, 0.2) is 34.1 Å². The van der Waals surface area contributed by atoms with Crippen LogP contribution < -0.4 is 0 Å². The van der Waals surface area contributed by atoms with Gasteiger partial charge in [0.15, 0.2) is 11.5 Å². The summed E-state index contributed by atoms with van der Waals surface area (Å²) in [6.45, 7) is 4.33. The number of carbonyl (C=O) groups is 2. The van der Waals surface area contributed by atoms with Gasteiger partial charge in [0.05, 0.1) is 11.8 Å². The minimum atomic E-state index is -0.672. The van der Waals surface area contributed by atoms with Gasteiger partial charge in [-0.3, -0.25) is 9.59 Å². The van der Waals surface area contributed by atoms with Crippen LogP contribution in [-0.2, 0) is 14.3 Å². The zero-order valence-electron chi connectivity index (χ0n) is 13.0. The van der Waals surface area contributed by atoms with E-state index in [1.165, 1.54) is 11.2 Å². The quantitative estimate of drug-likeness (QED) is 0.781. The van der Waals surface area contributed by atoms with Crippen LogP contribution in [0.5, 0.6) is 0 Å². The van der Waals surface area contributed by atoms with Crippen molar-refractivity contribution in [1.29, 1.82) is 0 Å². The molecule has 1 amide bonds. The van der Waals surface area contributed by atoms with Gasteiger partial charge in [-0.2, -0.15) is 0 Å². The number of hydrogen-bond acceptors (Lipinski definition) is 5. The summed E-state index contributed by atoms with van der Waals surface area (Å²) >= 11 is 0. The molecular formula is C16H21NO5. The van der Waals surface area contributed by atoms with Crippen molar-refractivity contribution in [3.63, 3.8) is 0 Å². The third kappa shape index (κ3) is 2.92. The zero-order valence-corrected chi connectivity index (χ0v) is 13.0. The molecule has 1 aliphatic rings. The summed E-state index contributed by atoms with van der Waals surface area (Å²) in [5, 5.41) is 10.2. The van der Waals surface area contributed by atoms with Gasteiger partial charge in [0, 0.05) is 26.2 Å². The normalized spacial score (nSPS) is 18.6. The standard InChI is InChI=1S/C16H21NO5/c1-10(2)14(18)12-13(11-6-4-9-22-11)17(7-5-8-21-3)16(20)15(12)19/h4,6,9-10,13,19H,5,7-8H2,1-3H3. The first-order chi connectivity index (χ1) is 10.5. The lowest BCUT2D eigenvalue weighted by Gasteiger charge is -2.25. The molecule has 1 N–H and O–H groups in total. The lowest BCUT2D eigenvalue weighted by atomic mass is 9.94. The third-order valence-electron chi connectivity index (χ3n) is 3.65. The zero-order chi connectivity index (χ0) is 16.3.